The Kier molecular flexibility index (Phi) is 9.76. The van der Waals surface area contributed by atoms with E-state index in [0.29, 0.717) is 0 Å². The standard InChI is InChI=1S/C36H46N2S/c1-3-5-7-9-11-13-23-38-29-18-22-31-27(25-29)16-21-33-32-20-15-26-24-28(34(37)14-12-10-8-6-4-2)17-19-30(26)35(32)39-36(31)33/h15-22,24-25,34,38H,3-14,23,37H2,1-2H3. The lowest BCUT2D eigenvalue weighted by Gasteiger charge is -2.13. The van der Waals surface area contributed by atoms with Crippen LogP contribution in [0.25, 0.3) is 41.7 Å². The lowest BCUT2D eigenvalue weighted by Crippen LogP contribution is -2.09. The predicted octanol–water partition coefficient (Wildman–Crippen LogP) is 11.5. The second-order valence-corrected chi connectivity index (χ2v) is 12.4. The van der Waals surface area contributed by atoms with E-state index in [2.05, 4.69) is 79.8 Å². The van der Waals surface area contributed by atoms with Crippen molar-refractivity contribution in [1.29, 1.82) is 0 Å². The van der Waals surface area contributed by atoms with Crippen molar-refractivity contribution in [2.24, 2.45) is 5.73 Å². The Hall–Kier alpha value is -2.62. The Morgan fingerprint density at radius 1 is 0.615 bits per heavy atom. The minimum atomic E-state index is 0.127. The van der Waals surface area contributed by atoms with Gasteiger partial charge in [-0.25, -0.2) is 0 Å². The van der Waals surface area contributed by atoms with Gasteiger partial charge in [-0.05, 0) is 58.1 Å². The maximum atomic E-state index is 6.61. The van der Waals surface area contributed by atoms with E-state index in [1.807, 2.05) is 11.3 Å². The molecule has 0 radical (unpaired) electrons. The van der Waals surface area contributed by atoms with E-state index in [4.69, 9.17) is 5.73 Å². The third kappa shape index (κ3) is 6.58. The van der Waals surface area contributed by atoms with Crippen molar-refractivity contribution < 1.29 is 0 Å². The fraction of sp³-hybridized carbons (Fsp3) is 0.444. The molecule has 0 fully saturated rings. The lowest BCUT2D eigenvalue weighted by molar-refractivity contribution is 0.555. The average Bonchev–Trinajstić information content (AvgIpc) is 3.35. The molecule has 2 nitrogen and oxygen atoms in total. The Morgan fingerprint density at radius 3 is 1.87 bits per heavy atom. The molecule has 5 aromatic rings. The van der Waals surface area contributed by atoms with Gasteiger partial charge in [-0.2, -0.15) is 0 Å². The largest absolute Gasteiger partial charge is 0.385 e. The van der Waals surface area contributed by atoms with Crippen molar-refractivity contribution in [2.75, 3.05) is 11.9 Å². The molecule has 0 amide bonds. The van der Waals surface area contributed by atoms with Gasteiger partial charge in [0.15, 0.2) is 0 Å². The zero-order chi connectivity index (χ0) is 27.0. The molecule has 3 N–H and O–H groups in total. The zero-order valence-electron chi connectivity index (χ0n) is 24.0. The predicted molar refractivity (Wildman–Crippen MR) is 177 cm³/mol. The van der Waals surface area contributed by atoms with Crippen LogP contribution in [0.2, 0.25) is 0 Å². The summed E-state index contributed by atoms with van der Waals surface area (Å²) in [6.07, 6.45) is 15.5. The van der Waals surface area contributed by atoms with Crippen LogP contribution in [0.4, 0.5) is 5.69 Å². The number of unbranched alkanes of at least 4 members (excludes halogenated alkanes) is 9. The first-order valence-corrected chi connectivity index (χ1v) is 16.3. The van der Waals surface area contributed by atoms with Crippen molar-refractivity contribution in [3.05, 3.63) is 66.2 Å². The minimum Gasteiger partial charge on any atom is -0.385 e. The van der Waals surface area contributed by atoms with Gasteiger partial charge in [-0.15, -0.1) is 11.3 Å². The van der Waals surface area contributed by atoms with Crippen molar-refractivity contribution in [3.8, 4) is 0 Å². The summed E-state index contributed by atoms with van der Waals surface area (Å²) in [6, 6.07) is 23.2. The lowest BCUT2D eigenvalue weighted by atomic mass is 9.97. The maximum Gasteiger partial charge on any atom is 0.0434 e. The number of nitrogens with two attached hydrogens (primary N) is 1. The molecule has 0 aliphatic carbocycles. The minimum absolute atomic E-state index is 0.127. The molecule has 1 aromatic heterocycles. The van der Waals surface area contributed by atoms with E-state index in [1.54, 1.807) is 0 Å². The van der Waals surface area contributed by atoms with Gasteiger partial charge in [0, 0.05) is 38.4 Å². The van der Waals surface area contributed by atoms with Gasteiger partial charge in [0.2, 0.25) is 0 Å². The molecule has 0 spiro atoms. The third-order valence-corrected chi connectivity index (χ3v) is 9.65. The molecule has 0 bridgehead atoms. The van der Waals surface area contributed by atoms with Crippen LogP contribution >= 0.6 is 11.3 Å². The van der Waals surface area contributed by atoms with Crippen LogP contribution in [0.1, 0.15) is 103 Å². The van der Waals surface area contributed by atoms with Crippen LogP contribution in [0.15, 0.2) is 60.7 Å². The molecule has 0 aliphatic heterocycles. The van der Waals surface area contributed by atoms with Gasteiger partial charge < -0.3 is 11.1 Å². The number of fused-ring (bicyclic) bond motifs is 7. The molecule has 1 unspecified atom stereocenters. The van der Waals surface area contributed by atoms with E-state index in [9.17, 15) is 0 Å². The first-order valence-electron chi connectivity index (χ1n) is 15.5. The highest BCUT2D eigenvalue weighted by molar-refractivity contribution is 7.27. The summed E-state index contributed by atoms with van der Waals surface area (Å²) in [5, 5.41) is 11.7. The van der Waals surface area contributed by atoms with Gasteiger partial charge >= 0.3 is 0 Å². The van der Waals surface area contributed by atoms with Gasteiger partial charge in [-0.3, -0.25) is 0 Å². The average molecular weight is 539 g/mol. The van der Waals surface area contributed by atoms with Gasteiger partial charge in [0.05, 0.1) is 0 Å². The highest BCUT2D eigenvalue weighted by atomic mass is 32.1. The molecular formula is C36H46N2S. The molecule has 0 saturated heterocycles. The number of anilines is 1. The zero-order valence-corrected chi connectivity index (χ0v) is 24.8. The Balaban J connectivity index is 1.33. The Labute approximate surface area is 239 Å². The van der Waals surface area contributed by atoms with Crippen LogP contribution < -0.4 is 11.1 Å². The fourth-order valence-corrected chi connectivity index (χ4v) is 7.35. The molecule has 0 saturated carbocycles. The van der Waals surface area contributed by atoms with Crippen LogP contribution in [0, 0.1) is 0 Å². The van der Waals surface area contributed by atoms with Gasteiger partial charge in [0.1, 0.15) is 0 Å². The summed E-state index contributed by atoms with van der Waals surface area (Å²) in [5.41, 5.74) is 9.11. The van der Waals surface area contributed by atoms with Crippen molar-refractivity contribution >= 4 is 58.7 Å². The van der Waals surface area contributed by atoms with E-state index in [1.165, 1.54) is 124 Å². The molecule has 39 heavy (non-hydrogen) atoms. The highest BCUT2D eigenvalue weighted by Crippen LogP contribution is 2.42. The topological polar surface area (TPSA) is 38.0 Å². The highest BCUT2D eigenvalue weighted by Gasteiger charge is 2.13. The molecule has 4 aromatic carbocycles. The summed E-state index contributed by atoms with van der Waals surface area (Å²) in [4.78, 5) is 0. The summed E-state index contributed by atoms with van der Waals surface area (Å²) < 4.78 is 2.78. The first kappa shape index (κ1) is 27.9. The second kappa shape index (κ2) is 13.6. The maximum absolute atomic E-state index is 6.61. The van der Waals surface area contributed by atoms with E-state index >= 15 is 0 Å². The van der Waals surface area contributed by atoms with E-state index in [-0.39, 0.29) is 6.04 Å². The second-order valence-electron chi connectivity index (χ2n) is 11.4. The van der Waals surface area contributed by atoms with E-state index < -0.39 is 0 Å². The fourth-order valence-electron chi connectivity index (χ4n) is 5.98. The van der Waals surface area contributed by atoms with Crippen LogP contribution in [-0.2, 0) is 0 Å². The van der Waals surface area contributed by atoms with Crippen molar-refractivity contribution in [1.82, 2.24) is 0 Å². The Bertz CT molecular complexity index is 1520. The monoisotopic (exact) mass is 538 g/mol. The Morgan fingerprint density at radius 2 is 1.18 bits per heavy atom. The molecular weight excluding hydrogens is 492 g/mol. The molecule has 5 rings (SSSR count). The molecule has 0 aliphatic rings. The summed E-state index contributed by atoms with van der Waals surface area (Å²) in [5.74, 6) is 0. The summed E-state index contributed by atoms with van der Waals surface area (Å²) in [7, 11) is 0. The molecule has 206 valence electrons. The third-order valence-electron chi connectivity index (χ3n) is 8.37. The normalized spacial score (nSPS) is 12.7. The number of thiophene rings is 1. The van der Waals surface area contributed by atoms with Crippen LogP contribution in [0.5, 0.6) is 0 Å². The quantitative estimate of drug-likeness (QED) is 0.130. The number of benzene rings is 4. The molecule has 3 heteroatoms. The summed E-state index contributed by atoms with van der Waals surface area (Å²) in [6.45, 7) is 5.60. The number of hydrogen-bond acceptors (Lipinski definition) is 3. The van der Waals surface area contributed by atoms with Crippen molar-refractivity contribution in [3.63, 3.8) is 0 Å². The summed E-state index contributed by atoms with van der Waals surface area (Å²) >= 11 is 1.94. The van der Waals surface area contributed by atoms with Crippen molar-refractivity contribution in [2.45, 2.75) is 96.9 Å². The number of nitrogens with one attached hydrogen (secondary N) is 1. The SMILES string of the molecule is CCCCCCCCNc1ccc2c(ccc3c4ccc5cc(C(N)CCCCCCC)ccc5c4sc23)c1. The van der Waals surface area contributed by atoms with Gasteiger partial charge in [0.25, 0.3) is 0 Å². The van der Waals surface area contributed by atoms with E-state index in [0.717, 1.165) is 13.0 Å². The number of hydrogen-bond donors (Lipinski definition) is 2. The molecule has 1 atom stereocenters. The molecule has 1 heterocycles. The van der Waals surface area contributed by atoms with Crippen LogP contribution in [0.3, 0.4) is 0 Å². The smallest absolute Gasteiger partial charge is 0.0434 e. The number of rotatable bonds is 15. The van der Waals surface area contributed by atoms with Crippen LogP contribution in [-0.4, -0.2) is 6.54 Å². The first-order chi connectivity index (χ1) is 19.2. The van der Waals surface area contributed by atoms with Gasteiger partial charge in [-0.1, -0.05) is 121 Å².